The molecule has 0 bridgehead atoms. The van der Waals surface area contributed by atoms with Gasteiger partial charge in [0.1, 0.15) is 28.9 Å². The number of esters is 1. The third-order valence-corrected chi connectivity index (χ3v) is 9.44. The van der Waals surface area contributed by atoms with Gasteiger partial charge in [0.25, 0.3) is 5.91 Å². The summed E-state index contributed by atoms with van der Waals surface area (Å²) >= 11 is 3.89. The molecule has 2 aliphatic rings. The maximum absolute atomic E-state index is 13.2. The van der Waals surface area contributed by atoms with Crippen LogP contribution in [0.1, 0.15) is 17.3 Å². The number of aliphatic carboxylic acids is 1. The summed E-state index contributed by atoms with van der Waals surface area (Å²) in [5.41, 5.74) is 1.03. The summed E-state index contributed by atoms with van der Waals surface area (Å²) in [5, 5.41) is 26.8. The van der Waals surface area contributed by atoms with Crippen LogP contribution in [-0.4, -0.2) is 91.7 Å². The number of rotatable bonds is 9. The molecule has 2 amide bonds. The number of fused-ring (bicyclic) bond motifs is 1. The number of benzene rings is 1. The molecule has 0 saturated carbocycles. The number of hydrogen-bond acceptors (Lipinski definition) is 11. The zero-order valence-corrected chi connectivity index (χ0v) is 21.0. The first kappa shape index (κ1) is 25.4. The quantitative estimate of drug-likeness (QED) is 0.269. The van der Waals surface area contributed by atoms with E-state index in [4.69, 9.17) is 4.74 Å². The molecular formula is C21H22N4O7S3. The molecule has 2 fully saturated rings. The molecule has 3 heterocycles. The normalized spacial score (nSPS) is 23.3. The molecule has 3 atom stereocenters. The van der Waals surface area contributed by atoms with E-state index in [2.05, 4.69) is 10.2 Å². The van der Waals surface area contributed by atoms with Gasteiger partial charge in [0.2, 0.25) is 5.91 Å². The van der Waals surface area contributed by atoms with Crippen molar-refractivity contribution in [1.82, 2.24) is 15.1 Å². The highest BCUT2D eigenvalue weighted by Gasteiger charge is 2.59. The van der Waals surface area contributed by atoms with E-state index in [1.165, 1.54) is 68.9 Å². The molecule has 2 aromatic rings. The predicted octanol–water partition coefficient (Wildman–Crippen LogP) is 1.19. The van der Waals surface area contributed by atoms with Crippen LogP contribution in [0.15, 0.2) is 34.1 Å². The van der Waals surface area contributed by atoms with Gasteiger partial charge in [0, 0.05) is 23.7 Å². The zero-order chi connectivity index (χ0) is 25.2. The van der Waals surface area contributed by atoms with Crippen LogP contribution in [0, 0.1) is 5.41 Å². The lowest BCUT2D eigenvalue weighted by molar-refractivity contribution is -0.156. The number of thioether (sulfide) groups is 2. The fourth-order valence-electron chi connectivity index (χ4n) is 3.92. The zero-order valence-electron chi connectivity index (χ0n) is 18.5. The number of amides is 2. The molecule has 2 saturated heterocycles. The van der Waals surface area contributed by atoms with Crippen molar-refractivity contribution >= 4 is 64.3 Å². The van der Waals surface area contributed by atoms with E-state index in [-0.39, 0.29) is 24.7 Å². The number of aliphatic hydroxyl groups is 1. The summed E-state index contributed by atoms with van der Waals surface area (Å²) in [5.74, 6) is -2.12. The van der Waals surface area contributed by atoms with Crippen LogP contribution in [0.3, 0.4) is 0 Å². The van der Waals surface area contributed by atoms with Crippen LogP contribution in [0.2, 0.25) is 0 Å². The Labute approximate surface area is 212 Å². The largest absolute Gasteiger partial charge is 0.481 e. The fourth-order valence-corrected chi connectivity index (χ4v) is 7.31. The molecule has 11 nitrogen and oxygen atoms in total. The summed E-state index contributed by atoms with van der Waals surface area (Å²) in [6, 6.07) is 5.11. The first-order chi connectivity index (χ1) is 16.8. The molecule has 2 aliphatic heterocycles. The summed E-state index contributed by atoms with van der Waals surface area (Å²) in [6.45, 7) is 1.11. The monoisotopic (exact) mass is 538 g/mol. The van der Waals surface area contributed by atoms with Gasteiger partial charge in [0.05, 0.1) is 12.2 Å². The lowest BCUT2D eigenvalue weighted by Gasteiger charge is -2.56. The van der Waals surface area contributed by atoms with Gasteiger partial charge < -0.3 is 19.8 Å². The Morgan fingerprint density at radius 3 is 2.66 bits per heavy atom. The number of ether oxygens (including phenoxy) is 1. The Hall–Kier alpha value is -2.68. The number of aliphatic hydroxyl groups excluding tert-OH is 1. The van der Waals surface area contributed by atoms with E-state index in [1.807, 2.05) is 0 Å². The molecule has 0 spiro atoms. The van der Waals surface area contributed by atoms with Crippen LogP contribution in [0.4, 0.5) is 5.69 Å². The smallest absolute Gasteiger partial charge is 0.338 e. The lowest BCUT2D eigenvalue weighted by atomic mass is 9.89. The topological polar surface area (TPSA) is 150 Å². The molecule has 1 aromatic heterocycles. The number of β-lactam (4-membered cyclic amide) rings is 1. The van der Waals surface area contributed by atoms with E-state index >= 15 is 0 Å². The molecule has 1 aromatic carbocycles. The first-order valence-electron chi connectivity index (χ1n) is 10.6. The predicted molar refractivity (Wildman–Crippen MR) is 129 cm³/mol. The minimum Gasteiger partial charge on any atom is -0.481 e. The lowest BCUT2D eigenvalue weighted by Crippen LogP contribution is -2.75. The average molecular weight is 539 g/mol. The minimum absolute atomic E-state index is 0.00406. The molecule has 2 N–H and O–H groups in total. The van der Waals surface area contributed by atoms with Crippen LogP contribution in [0.5, 0.6) is 0 Å². The number of carbonyl (C=O) groups excluding carboxylic acids is 3. The van der Waals surface area contributed by atoms with Crippen molar-refractivity contribution in [3.63, 3.8) is 0 Å². The number of hydrogen-bond donors (Lipinski definition) is 2. The second kappa shape index (κ2) is 10.5. The first-order valence-corrected chi connectivity index (χ1v) is 13.5. The van der Waals surface area contributed by atoms with Gasteiger partial charge in [-0.2, -0.15) is 0 Å². The van der Waals surface area contributed by atoms with Crippen LogP contribution in [0.25, 0.3) is 0 Å². The Morgan fingerprint density at radius 2 is 2.06 bits per heavy atom. The second-order valence-electron chi connectivity index (χ2n) is 7.88. The summed E-state index contributed by atoms with van der Waals surface area (Å²) in [7, 11) is 0. The molecular weight excluding hydrogens is 516 g/mol. The molecule has 14 heteroatoms. The molecule has 0 aliphatic carbocycles. The average Bonchev–Trinajstić information content (AvgIpc) is 3.39. The molecule has 0 radical (unpaired) electrons. The van der Waals surface area contributed by atoms with Crippen LogP contribution >= 0.6 is 34.9 Å². The number of aromatic nitrogens is 2. The van der Waals surface area contributed by atoms with Gasteiger partial charge >= 0.3 is 11.9 Å². The molecule has 35 heavy (non-hydrogen) atoms. The second-order valence-corrected chi connectivity index (χ2v) is 11.0. The highest BCUT2D eigenvalue weighted by molar-refractivity contribution is 8.01. The SMILES string of the molecule is CCOC(=O)c1ccc(N(C(=O)CO)C2C(=O)N3CC(CSc4nncs4)(C(=O)O)CS[C@H]23)cc1. The minimum atomic E-state index is -1.18. The highest BCUT2D eigenvalue weighted by atomic mass is 32.2. The third-order valence-electron chi connectivity index (χ3n) is 5.72. The van der Waals surface area contributed by atoms with E-state index in [1.54, 1.807) is 12.4 Å². The van der Waals surface area contributed by atoms with E-state index < -0.39 is 47.2 Å². The Balaban J connectivity index is 1.52. The van der Waals surface area contributed by atoms with Crippen molar-refractivity contribution in [2.24, 2.45) is 5.41 Å². The Morgan fingerprint density at radius 1 is 1.31 bits per heavy atom. The van der Waals surface area contributed by atoms with Crippen molar-refractivity contribution in [3.05, 3.63) is 35.3 Å². The summed E-state index contributed by atoms with van der Waals surface area (Å²) in [6.07, 6.45) is 0. The highest BCUT2D eigenvalue weighted by Crippen LogP contribution is 2.46. The van der Waals surface area contributed by atoms with E-state index in [0.717, 1.165) is 0 Å². The maximum atomic E-state index is 13.2. The van der Waals surface area contributed by atoms with Gasteiger partial charge in [0.15, 0.2) is 4.34 Å². The standard InChI is InChI=1S/C21H22N4O7S3/c1-2-32-18(29)12-3-5-13(6-4-12)25(14(27)7-26)15-16(28)24-8-21(19(30)31,9-33-17(15)24)10-34-20-23-22-11-35-20/h3-6,11,15,17,26H,2,7-10H2,1H3,(H,30,31)/t15?,17-,21?/m1/s1. The van der Waals surface area contributed by atoms with Crippen LogP contribution in [-0.2, 0) is 19.1 Å². The number of carbonyl (C=O) groups is 4. The van der Waals surface area contributed by atoms with Crippen molar-refractivity contribution in [2.45, 2.75) is 22.7 Å². The van der Waals surface area contributed by atoms with Crippen molar-refractivity contribution in [3.8, 4) is 0 Å². The summed E-state index contributed by atoms with van der Waals surface area (Å²) < 4.78 is 5.62. The van der Waals surface area contributed by atoms with Crippen LogP contribution < -0.4 is 4.90 Å². The van der Waals surface area contributed by atoms with E-state index in [9.17, 15) is 29.4 Å². The summed E-state index contributed by atoms with van der Waals surface area (Å²) in [4.78, 5) is 52.7. The van der Waals surface area contributed by atoms with E-state index in [0.29, 0.717) is 15.6 Å². The molecule has 4 rings (SSSR count). The number of carboxylic acid groups (broad SMARTS) is 1. The Kier molecular flexibility index (Phi) is 7.64. The number of nitrogens with zero attached hydrogens (tertiary/aromatic N) is 4. The van der Waals surface area contributed by atoms with Crippen molar-refractivity contribution < 1.29 is 34.1 Å². The number of carboxylic acids is 1. The van der Waals surface area contributed by atoms with Gasteiger partial charge in [-0.05, 0) is 31.2 Å². The third kappa shape index (κ3) is 4.87. The maximum Gasteiger partial charge on any atom is 0.338 e. The van der Waals surface area contributed by atoms with Gasteiger partial charge in [-0.25, -0.2) is 4.79 Å². The number of anilines is 1. The molecule has 2 unspecified atom stereocenters. The molecule has 186 valence electrons. The van der Waals surface area contributed by atoms with Crippen molar-refractivity contribution in [2.75, 3.05) is 36.2 Å². The van der Waals surface area contributed by atoms with Crippen molar-refractivity contribution in [1.29, 1.82) is 0 Å². The van der Waals surface area contributed by atoms with Gasteiger partial charge in [-0.1, -0.05) is 23.1 Å². The Bertz CT molecular complexity index is 1110. The van der Waals surface area contributed by atoms with Gasteiger partial charge in [-0.3, -0.25) is 19.3 Å². The van der Waals surface area contributed by atoms with Gasteiger partial charge in [-0.15, -0.1) is 22.0 Å². The fraction of sp³-hybridized carbons (Fsp3) is 0.429.